The van der Waals surface area contributed by atoms with Crippen LogP contribution in [-0.2, 0) is 16.0 Å². The van der Waals surface area contributed by atoms with E-state index >= 15 is 0 Å². The van der Waals surface area contributed by atoms with Gasteiger partial charge < -0.3 is 25.5 Å². The summed E-state index contributed by atoms with van der Waals surface area (Å²) in [6.07, 6.45) is 5.87. The molecule has 0 aromatic carbocycles. The van der Waals surface area contributed by atoms with Gasteiger partial charge in [0, 0.05) is 30.5 Å². The zero-order valence-electron chi connectivity index (χ0n) is 17.5. The van der Waals surface area contributed by atoms with Crippen molar-refractivity contribution in [2.45, 2.75) is 67.7 Å². The molecule has 0 saturated carbocycles. The number of nitrogens with two attached hydrogens (primary N) is 2. The zero-order chi connectivity index (χ0) is 20.2. The lowest BCUT2D eigenvalue weighted by Crippen LogP contribution is -2.20. The third-order valence-electron chi connectivity index (χ3n) is 3.37. The van der Waals surface area contributed by atoms with E-state index in [-0.39, 0.29) is 11.7 Å². The van der Waals surface area contributed by atoms with Crippen LogP contribution in [0.4, 0.5) is 5.82 Å². The van der Waals surface area contributed by atoms with Crippen molar-refractivity contribution in [2.75, 3.05) is 13.2 Å². The summed E-state index contributed by atoms with van der Waals surface area (Å²) < 4.78 is 13.0. The number of hydrogen-bond acceptors (Lipinski definition) is 5. The number of hydrogen-bond donors (Lipinski definition) is 2. The van der Waals surface area contributed by atoms with Crippen LogP contribution < -0.4 is 11.5 Å². The van der Waals surface area contributed by atoms with Crippen LogP contribution in [0.15, 0.2) is 29.3 Å². The van der Waals surface area contributed by atoms with Gasteiger partial charge in [0.1, 0.15) is 5.84 Å². The highest BCUT2D eigenvalue weighted by molar-refractivity contribution is 5.93. The molecular formula is C19H37N5O2. The maximum Gasteiger partial charge on any atom is 0.172 e. The second-order valence-corrected chi connectivity index (χ2v) is 6.52. The Morgan fingerprint density at radius 3 is 2.46 bits per heavy atom. The summed E-state index contributed by atoms with van der Waals surface area (Å²) in [4.78, 5) is 8.48. The van der Waals surface area contributed by atoms with Gasteiger partial charge >= 0.3 is 0 Å². The zero-order valence-corrected chi connectivity index (χ0v) is 17.5. The highest BCUT2D eigenvalue weighted by atomic mass is 16.7. The van der Waals surface area contributed by atoms with Crippen molar-refractivity contribution in [3.63, 3.8) is 0 Å². The smallest absolute Gasteiger partial charge is 0.172 e. The number of ether oxygens (including phenoxy) is 2. The molecule has 7 nitrogen and oxygen atoms in total. The van der Waals surface area contributed by atoms with Crippen molar-refractivity contribution >= 4 is 11.7 Å². The van der Waals surface area contributed by atoms with Crippen LogP contribution in [0, 0.1) is 5.41 Å². The fourth-order valence-electron chi connectivity index (χ4n) is 1.83. The van der Waals surface area contributed by atoms with Gasteiger partial charge in [-0.25, -0.2) is 9.98 Å². The molecule has 0 aliphatic carbocycles. The number of allylic oxidation sites excluding steroid dienone is 1. The number of imidazole rings is 1. The predicted octanol–water partition coefficient (Wildman–Crippen LogP) is 3.58. The van der Waals surface area contributed by atoms with Crippen molar-refractivity contribution in [2.24, 2.45) is 21.9 Å². The first-order chi connectivity index (χ1) is 12.3. The maximum absolute atomic E-state index is 5.99. The number of aliphatic imine (C=N–C) groups is 1. The number of rotatable bonds is 9. The van der Waals surface area contributed by atoms with E-state index in [0.29, 0.717) is 37.1 Å². The van der Waals surface area contributed by atoms with E-state index in [4.69, 9.17) is 20.9 Å². The van der Waals surface area contributed by atoms with Gasteiger partial charge in [-0.15, -0.1) is 0 Å². The summed E-state index contributed by atoms with van der Waals surface area (Å²) in [6, 6.07) is 0. The minimum atomic E-state index is -0.155. The molecular weight excluding hydrogens is 330 g/mol. The largest absolute Gasteiger partial charge is 0.401 e. The Labute approximate surface area is 158 Å². The monoisotopic (exact) mass is 367 g/mol. The quantitative estimate of drug-likeness (QED) is 0.395. The van der Waals surface area contributed by atoms with Gasteiger partial charge in [0.25, 0.3) is 0 Å². The highest BCUT2D eigenvalue weighted by Gasteiger charge is 2.13. The molecule has 0 saturated heterocycles. The van der Waals surface area contributed by atoms with E-state index < -0.39 is 0 Å². The molecule has 0 spiro atoms. The Hall–Kier alpha value is -1.86. The maximum atomic E-state index is 5.99. The van der Waals surface area contributed by atoms with Crippen LogP contribution in [0.25, 0.3) is 0 Å². The Kier molecular flexibility index (Phi) is 11.6. The molecule has 0 aliphatic heterocycles. The summed E-state index contributed by atoms with van der Waals surface area (Å²) in [5.41, 5.74) is 12.4. The lowest BCUT2D eigenvalue weighted by molar-refractivity contribution is -0.141. The van der Waals surface area contributed by atoms with E-state index in [1.165, 1.54) is 0 Å². The minimum Gasteiger partial charge on any atom is -0.401 e. The first kappa shape index (κ1) is 24.1. The second kappa shape index (κ2) is 12.5. The van der Waals surface area contributed by atoms with E-state index in [1.54, 1.807) is 12.4 Å². The molecule has 26 heavy (non-hydrogen) atoms. The Balaban J connectivity index is 0.00000301. The molecule has 1 heterocycles. The SMILES string of the molecule is CC.CCOC(CC)OCCn1cnc(/N=C(N)/C=C(\N)C(C)(C)C)c1. The van der Waals surface area contributed by atoms with Crippen molar-refractivity contribution in [1.29, 1.82) is 0 Å². The molecule has 1 atom stereocenters. The minimum absolute atomic E-state index is 0.146. The van der Waals surface area contributed by atoms with Crippen molar-refractivity contribution in [1.82, 2.24) is 9.55 Å². The van der Waals surface area contributed by atoms with E-state index in [2.05, 4.69) is 9.98 Å². The van der Waals surface area contributed by atoms with Gasteiger partial charge in [0.2, 0.25) is 0 Å². The first-order valence-corrected chi connectivity index (χ1v) is 9.33. The summed E-state index contributed by atoms with van der Waals surface area (Å²) in [5.74, 6) is 0.883. The van der Waals surface area contributed by atoms with Crippen molar-refractivity contribution in [3.05, 3.63) is 24.3 Å². The Morgan fingerprint density at radius 2 is 1.92 bits per heavy atom. The summed E-state index contributed by atoms with van der Waals surface area (Å²) >= 11 is 0. The molecule has 1 aromatic heterocycles. The van der Waals surface area contributed by atoms with Crippen LogP contribution in [-0.4, -0.2) is 34.9 Å². The van der Waals surface area contributed by atoms with Crippen LogP contribution >= 0.6 is 0 Å². The molecule has 4 N–H and O–H groups in total. The Morgan fingerprint density at radius 1 is 1.27 bits per heavy atom. The Bertz CT molecular complexity index is 559. The molecule has 0 amide bonds. The molecule has 1 aromatic rings. The fourth-order valence-corrected chi connectivity index (χ4v) is 1.83. The number of amidine groups is 1. The molecule has 1 rings (SSSR count). The third kappa shape index (κ3) is 9.58. The van der Waals surface area contributed by atoms with E-state index in [0.717, 1.165) is 6.42 Å². The lowest BCUT2D eigenvalue weighted by Gasteiger charge is -2.18. The normalized spacial score (nSPS) is 14.0. The molecule has 0 aliphatic rings. The molecule has 1 unspecified atom stereocenters. The average Bonchev–Trinajstić information content (AvgIpc) is 3.02. The van der Waals surface area contributed by atoms with E-state index in [1.807, 2.05) is 59.2 Å². The molecule has 7 heteroatoms. The topological polar surface area (TPSA) is 101 Å². The lowest BCUT2D eigenvalue weighted by atomic mass is 9.92. The van der Waals surface area contributed by atoms with E-state index in [9.17, 15) is 0 Å². The summed E-state index contributed by atoms with van der Waals surface area (Å²) in [7, 11) is 0. The molecule has 0 radical (unpaired) electrons. The average molecular weight is 368 g/mol. The molecule has 0 bridgehead atoms. The van der Waals surface area contributed by atoms with Crippen LogP contribution in [0.5, 0.6) is 0 Å². The van der Waals surface area contributed by atoms with Gasteiger partial charge in [0.15, 0.2) is 12.1 Å². The standard InChI is InChI=1S/C17H31N5O2.C2H6/c1-6-16(23-7-2)24-9-8-22-11-15(20-12-22)21-14(19)10-13(18)17(3,4)5;1-2/h10-12,16H,6-9,18H2,1-5H3,(H2,19,21);1-2H3/b13-10-;. The van der Waals surface area contributed by atoms with Crippen molar-refractivity contribution < 1.29 is 9.47 Å². The molecule has 150 valence electrons. The molecule has 0 fully saturated rings. The van der Waals surface area contributed by atoms with Crippen LogP contribution in [0.1, 0.15) is 54.9 Å². The number of aromatic nitrogens is 2. The number of nitrogens with zero attached hydrogens (tertiary/aromatic N) is 3. The van der Waals surface area contributed by atoms with Gasteiger partial charge in [-0.3, -0.25) is 0 Å². The summed E-state index contributed by atoms with van der Waals surface area (Å²) in [5, 5.41) is 0. The van der Waals surface area contributed by atoms with Gasteiger partial charge in [0.05, 0.1) is 12.9 Å². The third-order valence-corrected chi connectivity index (χ3v) is 3.37. The van der Waals surface area contributed by atoms with Crippen molar-refractivity contribution in [3.8, 4) is 0 Å². The summed E-state index contributed by atoms with van der Waals surface area (Å²) in [6.45, 7) is 15.9. The van der Waals surface area contributed by atoms with Crippen LogP contribution in [0.2, 0.25) is 0 Å². The van der Waals surface area contributed by atoms with Gasteiger partial charge in [-0.05, 0) is 19.4 Å². The highest BCUT2D eigenvalue weighted by Crippen LogP contribution is 2.20. The van der Waals surface area contributed by atoms with Crippen LogP contribution in [0.3, 0.4) is 0 Å². The first-order valence-electron chi connectivity index (χ1n) is 9.33. The van der Waals surface area contributed by atoms with Gasteiger partial charge in [-0.2, -0.15) is 0 Å². The predicted molar refractivity (Wildman–Crippen MR) is 108 cm³/mol. The fraction of sp³-hybridized carbons (Fsp3) is 0.684. The van der Waals surface area contributed by atoms with Gasteiger partial charge in [-0.1, -0.05) is 41.5 Å². The second-order valence-electron chi connectivity index (χ2n) is 6.52.